The van der Waals surface area contributed by atoms with Crippen LogP contribution in [0, 0.1) is 24.0 Å². The molecule has 2 N–H and O–H groups in total. The Bertz CT molecular complexity index is 1070. The summed E-state index contributed by atoms with van der Waals surface area (Å²) in [7, 11) is 0. The van der Waals surface area contributed by atoms with Crippen molar-refractivity contribution in [2.24, 2.45) is 10.2 Å². The SMILES string of the molecule is Cc1cc(N=Nc2c(C)[nH]n(-c3ccccc3)c2=O)c(O)c([N+](=O)[O-])c1. The van der Waals surface area contributed by atoms with Crippen molar-refractivity contribution in [3.8, 4) is 11.4 Å². The van der Waals surface area contributed by atoms with Gasteiger partial charge >= 0.3 is 5.69 Å². The third kappa shape index (κ3) is 3.09. The number of nitrogens with one attached hydrogen (secondary N) is 1. The van der Waals surface area contributed by atoms with Gasteiger partial charge in [0, 0.05) is 6.07 Å². The number of H-pyrrole nitrogens is 1. The third-order valence-corrected chi connectivity index (χ3v) is 3.72. The second-order valence-electron chi connectivity index (χ2n) is 5.67. The molecule has 1 heterocycles. The van der Waals surface area contributed by atoms with Crippen LogP contribution in [0.4, 0.5) is 17.1 Å². The van der Waals surface area contributed by atoms with Gasteiger partial charge < -0.3 is 5.11 Å². The maximum absolute atomic E-state index is 12.5. The van der Waals surface area contributed by atoms with Crippen LogP contribution in [0.25, 0.3) is 5.69 Å². The second kappa shape index (κ2) is 6.63. The molecule has 0 aliphatic rings. The fourth-order valence-electron chi connectivity index (χ4n) is 2.47. The Balaban J connectivity index is 2.04. The Morgan fingerprint density at radius 2 is 1.85 bits per heavy atom. The quantitative estimate of drug-likeness (QED) is 0.420. The Labute approximate surface area is 147 Å². The Morgan fingerprint density at radius 1 is 1.15 bits per heavy atom. The van der Waals surface area contributed by atoms with Gasteiger partial charge in [0.2, 0.25) is 5.75 Å². The summed E-state index contributed by atoms with van der Waals surface area (Å²) in [6.07, 6.45) is 0. The Hall–Kier alpha value is -3.75. The van der Waals surface area contributed by atoms with Gasteiger partial charge in [-0.1, -0.05) is 18.2 Å². The van der Waals surface area contributed by atoms with Gasteiger partial charge in [0.05, 0.1) is 16.3 Å². The molecule has 3 aromatic rings. The lowest BCUT2D eigenvalue weighted by Gasteiger charge is -2.01. The molecule has 0 atom stereocenters. The minimum Gasteiger partial charge on any atom is -0.501 e. The number of aromatic hydroxyl groups is 1. The van der Waals surface area contributed by atoms with Gasteiger partial charge in [0.15, 0.2) is 5.69 Å². The Morgan fingerprint density at radius 3 is 2.50 bits per heavy atom. The normalized spacial score (nSPS) is 11.2. The van der Waals surface area contributed by atoms with Crippen LogP contribution in [0.3, 0.4) is 0 Å². The van der Waals surface area contributed by atoms with E-state index in [1.807, 2.05) is 6.07 Å². The molecule has 132 valence electrons. The number of nitrogens with zero attached hydrogens (tertiary/aromatic N) is 4. The minimum absolute atomic E-state index is 0.0532. The predicted octanol–water partition coefficient (Wildman–Crippen LogP) is 3.81. The topological polar surface area (TPSA) is 126 Å². The number of azo groups is 1. The zero-order chi connectivity index (χ0) is 18.8. The van der Waals surface area contributed by atoms with E-state index in [9.17, 15) is 20.0 Å². The molecule has 0 radical (unpaired) electrons. The highest BCUT2D eigenvalue weighted by Gasteiger charge is 2.19. The number of hydrogen-bond donors (Lipinski definition) is 2. The van der Waals surface area contributed by atoms with Crippen molar-refractivity contribution in [1.29, 1.82) is 0 Å². The standard InChI is InChI=1S/C17H15N5O4/c1-10-8-13(16(23)14(9-10)22(25)26)18-19-15-11(2)20-21(17(15)24)12-6-4-3-5-7-12/h3-9,20,23H,1-2H3. The maximum Gasteiger partial charge on any atom is 0.313 e. The summed E-state index contributed by atoms with van der Waals surface area (Å²) in [5, 5.41) is 31.6. The summed E-state index contributed by atoms with van der Waals surface area (Å²) in [5.74, 6) is -0.596. The number of aromatic amines is 1. The number of aryl methyl sites for hydroxylation is 2. The van der Waals surface area contributed by atoms with E-state index in [1.165, 1.54) is 16.8 Å². The minimum atomic E-state index is -0.703. The highest BCUT2D eigenvalue weighted by atomic mass is 16.6. The zero-order valence-corrected chi connectivity index (χ0v) is 14.0. The molecule has 26 heavy (non-hydrogen) atoms. The molecule has 9 heteroatoms. The van der Waals surface area contributed by atoms with Crippen molar-refractivity contribution in [3.63, 3.8) is 0 Å². The highest BCUT2D eigenvalue weighted by Crippen LogP contribution is 2.37. The van der Waals surface area contributed by atoms with Crippen LogP contribution in [0.5, 0.6) is 5.75 Å². The molecule has 0 aliphatic heterocycles. The number of para-hydroxylation sites is 1. The van der Waals surface area contributed by atoms with Gasteiger partial charge in [-0.25, -0.2) is 4.68 Å². The van der Waals surface area contributed by atoms with Gasteiger partial charge in [-0.2, -0.15) is 0 Å². The molecule has 0 amide bonds. The van der Waals surface area contributed by atoms with E-state index in [1.54, 1.807) is 38.1 Å². The largest absolute Gasteiger partial charge is 0.501 e. The molecule has 0 spiro atoms. The van der Waals surface area contributed by atoms with Crippen molar-refractivity contribution in [3.05, 3.63) is 74.2 Å². The van der Waals surface area contributed by atoms with E-state index < -0.39 is 21.9 Å². The molecule has 0 fully saturated rings. The number of nitro groups is 1. The molecule has 9 nitrogen and oxygen atoms in total. The van der Waals surface area contributed by atoms with Crippen molar-refractivity contribution in [2.75, 3.05) is 0 Å². The average Bonchev–Trinajstić information content (AvgIpc) is 2.90. The van der Waals surface area contributed by atoms with Gasteiger partial charge in [0.25, 0.3) is 5.56 Å². The molecule has 1 aromatic heterocycles. The number of nitro benzene ring substituents is 1. The lowest BCUT2D eigenvalue weighted by atomic mass is 10.2. The van der Waals surface area contributed by atoms with Crippen LogP contribution in [0.1, 0.15) is 11.3 Å². The number of phenols is 1. The molecule has 0 saturated carbocycles. The lowest BCUT2D eigenvalue weighted by molar-refractivity contribution is -0.385. The first-order valence-corrected chi connectivity index (χ1v) is 7.65. The average molecular weight is 353 g/mol. The number of hydrogen-bond acceptors (Lipinski definition) is 6. The molecule has 0 aliphatic carbocycles. The summed E-state index contributed by atoms with van der Waals surface area (Å²) in [4.78, 5) is 22.8. The van der Waals surface area contributed by atoms with E-state index in [-0.39, 0.29) is 11.4 Å². The van der Waals surface area contributed by atoms with E-state index in [2.05, 4.69) is 15.3 Å². The fourth-order valence-corrected chi connectivity index (χ4v) is 2.47. The van der Waals surface area contributed by atoms with Crippen molar-refractivity contribution >= 4 is 17.1 Å². The van der Waals surface area contributed by atoms with Crippen LogP contribution in [-0.2, 0) is 0 Å². The summed E-state index contributed by atoms with van der Waals surface area (Å²) < 4.78 is 1.32. The number of rotatable bonds is 4. The summed E-state index contributed by atoms with van der Waals surface area (Å²) in [6.45, 7) is 3.29. The lowest BCUT2D eigenvalue weighted by Crippen LogP contribution is -2.13. The van der Waals surface area contributed by atoms with Crippen LogP contribution in [0.15, 0.2) is 57.5 Å². The predicted molar refractivity (Wildman–Crippen MR) is 94.8 cm³/mol. The van der Waals surface area contributed by atoms with Gasteiger partial charge in [0.1, 0.15) is 5.69 Å². The molecule has 0 unspecified atom stereocenters. The molecule has 0 bridgehead atoms. The first kappa shape index (κ1) is 17.1. The molecule has 0 saturated heterocycles. The van der Waals surface area contributed by atoms with Crippen molar-refractivity contribution in [2.45, 2.75) is 13.8 Å². The fraction of sp³-hybridized carbons (Fsp3) is 0.118. The molecule has 3 rings (SSSR count). The van der Waals surface area contributed by atoms with Crippen molar-refractivity contribution in [1.82, 2.24) is 9.78 Å². The summed E-state index contributed by atoms with van der Waals surface area (Å²) in [6, 6.07) is 11.6. The third-order valence-electron chi connectivity index (χ3n) is 3.72. The van der Waals surface area contributed by atoms with Gasteiger partial charge in [-0.05, 0) is 37.6 Å². The van der Waals surface area contributed by atoms with Crippen LogP contribution in [0.2, 0.25) is 0 Å². The maximum atomic E-state index is 12.5. The second-order valence-corrected chi connectivity index (χ2v) is 5.67. The number of benzene rings is 2. The van der Waals surface area contributed by atoms with Crippen LogP contribution >= 0.6 is 0 Å². The van der Waals surface area contributed by atoms with E-state index >= 15 is 0 Å². The summed E-state index contributed by atoms with van der Waals surface area (Å²) >= 11 is 0. The number of aromatic nitrogens is 2. The van der Waals surface area contributed by atoms with E-state index in [0.717, 1.165) is 0 Å². The first-order valence-electron chi connectivity index (χ1n) is 7.65. The van der Waals surface area contributed by atoms with Crippen LogP contribution in [-0.4, -0.2) is 19.8 Å². The van der Waals surface area contributed by atoms with Gasteiger partial charge in [-0.3, -0.25) is 20.0 Å². The number of phenolic OH excluding ortho intramolecular Hbond substituents is 1. The van der Waals surface area contributed by atoms with Gasteiger partial charge in [-0.15, -0.1) is 10.2 Å². The zero-order valence-electron chi connectivity index (χ0n) is 14.0. The molecular weight excluding hydrogens is 338 g/mol. The Kier molecular flexibility index (Phi) is 4.36. The molecule has 2 aromatic carbocycles. The van der Waals surface area contributed by atoms with E-state index in [0.29, 0.717) is 16.9 Å². The van der Waals surface area contributed by atoms with E-state index in [4.69, 9.17) is 0 Å². The smallest absolute Gasteiger partial charge is 0.313 e. The monoisotopic (exact) mass is 353 g/mol. The first-order chi connectivity index (χ1) is 12.4. The van der Waals surface area contributed by atoms with Crippen LogP contribution < -0.4 is 5.56 Å². The van der Waals surface area contributed by atoms with Crippen molar-refractivity contribution < 1.29 is 10.0 Å². The highest BCUT2D eigenvalue weighted by molar-refractivity contribution is 5.64. The molecular formula is C17H15N5O4. The summed E-state index contributed by atoms with van der Waals surface area (Å²) in [5.41, 5.74) is 0.738.